The molecule has 0 aliphatic rings. The highest BCUT2D eigenvalue weighted by molar-refractivity contribution is 7.89. The monoisotopic (exact) mass is 427 g/mol. The predicted octanol–water partition coefficient (Wildman–Crippen LogP) is 2.88. The maximum absolute atomic E-state index is 13.1. The molecule has 2 rings (SSSR count). The van der Waals surface area contributed by atoms with Crippen LogP contribution in [0.15, 0.2) is 53.4 Å². The molecule has 0 unspecified atom stereocenters. The summed E-state index contributed by atoms with van der Waals surface area (Å²) in [5, 5.41) is 0. The minimum atomic E-state index is -3.71. The zero-order valence-electron chi connectivity index (χ0n) is 16.3. The molecule has 28 heavy (non-hydrogen) atoms. The highest BCUT2D eigenvalue weighted by Crippen LogP contribution is 2.23. The number of methoxy groups -OCH3 is 1. The van der Waals surface area contributed by atoms with E-state index < -0.39 is 20.1 Å². The lowest BCUT2D eigenvalue weighted by molar-refractivity contribution is 0.362. The Morgan fingerprint density at radius 2 is 1.43 bits per heavy atom. The third kappa shape index (κ3) is 6.22. The molecule has 0 saturated heterocycles. The summed E-state index contributed by atoms with van der Waals surface area (Å²) in [6.45, 7) is 4.39. The Kier molecular flexibility index (Phi) is 7.08. The molecule has 0 atom stereocenters. The molecule has 9 heteroatoms. The van der Waals surface area contributed by atoms with Gasteiger partial charge in [0.2, 0.25) is 10.0 Å². The normalized spacial score (nSPS) is 12.4. The van der Waals surface area contributed by atoms with Gasteiger partial charge in [-0.15, -0.1) is 0 Å². The average Bonchev–Trinajstić information content (AvgIpc) is 2.61. The number of hydrogen-bond donors (Lipinski definition) is 0. The van der Waals surface area contributed by atoms with Gasteiger partial charge in [-0.25, -0.2) is 8.42 Å². The smallest absolute Gasteiger partial charge is 0.306 e. The van der Waals surface area contributed by atoms with Gasteiger partial charge in [-0.2, -0.15) is 12.7 Å². The van der Waals surface area contributed by atoms with E-state index in [0.29, 0.717) is 12.3 Å². The minimum absolute atomic E-state index is 0.126. The molecule has 0 bridgehead atoms. The molecule has 0 heterocycles. The van der Waals surface area contributed by atoms with Gasteiger partial charge < -0.3 is 8.92 Å². The molecule has 0 N–H and O–H groups in total. The number of nitrogens with zero attached hydrogens (tertiary/aromatic N) is 1. The molecular formula is C19H25NO6S2. The predicted molar refractivity (Wildman–Crippen MR) is 107 cm³/mol. The molecule has 154 valence electrons. The summed E-state index contributed by atoms with van der Waals surface area (Å²) in [6.07, 6.45) is 0.965. The van der Waals surface area contributed by atoms with Crippen molar-refractivity contribution in [2.75, 3.05) is 19.9 Å². The summed E-state index contributed by atoms with van der Waals surface area (Å²) < 4.78 is 59.9. The van der Waals surface area contributed by atoms with Gasteiger partial charge in [-0.05, 0) is 47.9 Å². The van der Waals surface area contributed by atoms with Gasteiger partial charge in [-0.1, -0.05) is 26.0 Å². The Morgan fingerprint density at radius 3 is 1.89 bits per heavy atom. The zero-order valence-corrected chi connectivity index (χ0v) is 18.0. The summed E-state index contributed by atoms with van der Waals surface area (Å²) in [5.41, 5.74) is 0.721. The van der Waals surface area contributed by atoms with Gasteiger partial charge in [0.05, 0.1) is 18.3 Å². The summed E-state index contributed by atoms with van der Waals surface area (Å²) >= 11 is 0. The quantitative estimate of drug-likeness (QED) is 0.572. The molecule has 0 aliphatic carbocycles. The van der Waals surface area contributed by atoms with E-state index >= 15 is 0 Å². The van der Waals surface area contributed by atoms with Gasteiger partial charge in [-0.3, -0.25) is 0 Å². The lowest BCUT2D eigenvalue weighted by Gasteiger charge is -2.24. The van der Waals surface area contributed by atoms with Crippen molar-refractivity contribution in [1.29, 1.82) is 0 Å². The van der Waals surface area contributed by atoms with E-state index in [2.05, 4.69) is 0 Å². The second-order valence-electron chi connectivity index (χ2n) is 6.80. The van der Waals surface area contributed by atoms with Crippen LogP contribution < -0.4 is 8.92 Å². The lowest BCUT2D eigenvalue weighted by Crippen LogP contribution is -2.33. The van der Waals surface area contributed by atoms with Crippen molar-refractivity contribution in [3.05, 3.63) is 54.1 Å². The van der Waals surface area contributed by atoms with Gasteiger partial charge in [0.1, 0.15) is 11.5 Å². The van der Waals surface area contributed by atoms with Crippen LogP contribution in [0.3, 0.4) is 0 Å². The van der Waals surface area contributed by atoms with Crippen LogP contribution in [-0.2, 0) is 26.7 Å². The summed E-state index contributed by atoms with van der Waals surface area (Å²) in [6, 6.07) is 12.6. The van der Waals surface area contributed by atoms with Crippen molar-refractivity contribution in [2.24, 2.45) is 5.92 Å². The molecule has 2 aromatic carbocycles. The van der Waals surface area contributed by atoms with E-state index in [9.17, 15) is 16.8 Å². The van der Waals surface area contributed by atoms with E-state index in [-0.39, 0.29) is 23.1 Å². The molecule has 0 saturated carbocycles. The van der Waals surface area contributed by atoms with Gasteiger partial charge in [0.15, 0.2) is 0 Å². The Bertz CT molecular complexity index is 982. The summed E-state index contributed by atoms with van der Waals surface area (Å²) in [5.74, 6) is 0.886. The first-order chi connectivity index (χ1) is 13.0. The standard InChI is InChI=1S/C19H25NO6S2/c1-15(2)13-20(28(23,24)19-11-9-17(25-3)10-12-19)14-16-5-7-18(8-6-16)26-27(4,21)22/h5-12,15H,13-14H2,1-4H3. The van der Waals surface area contributed by atoms with Crippen LogP contribution in [0, 0.1) is 5.92 Å². The van der Waals surface area contributed by atoms with E-state index in [1.165, 1.54) is 35.7 Å². The van der Waals surface area contributed by atoms with Crippen LogP contribution in [0.5, 0.6) is 11.5 Å². The van der Waals surface area contributed by atoms with Gasteiger partial charge >= 0.3 is 10.1 Å². The summed E-state index contributed by atoms with van der Waals surface area (Å²) in [7, 11) is -5.80. The van der Waals surface area contributed by atoms with Crippen LogP contribution in [0.25, 0.3) is 0 Å². The average molecular weight is 428 g/mol. The molecule has 0 amide bonds. The van der Waals surface area contributed by atoms with E-state index in [0.717, 1.165) is 11.8 Å². The van der Waals surface area contributed by atoms with Crippen molar-refractivity contribution < 1.29 is 25.8 Å². The Hall–Kier alpha value is -2.10. The second kappa shape index (κ2) is 8.93. The third-order valence-corrected chi connectivity index (χ3v) is 6.12. The Balaban J connectivity index is 2.27. The van der Waals surface area contributed by atoms with E-state index in [1.54, 1.807) is 24.3 Å². The molecule has 0 aromatic heterocycles. The van der Waals surface area contributed by atoms with Crippen LogP contribution in [0.4, 0.5) is 0 Å². The Morgan fingerprint density at radius 1 is 0.893 bits per heavy atom. The second-order valence-corrected chi connectivity index (χ2v) is 10.3. The fraction of sp³-hybridized carbons (Fsp3) is 0.368. The van der Waals surface area contributed by atoms with Gasteiger partial charge in [0.25, 0.3) is 0 Å². The highest BCUT2D eigenvalue weighted by Gasteiger charge is 2.25. The molecule has 0 fully saturated rings. The first-order valence-electron chi connectivity index (χ1n) is 8.64. The molecular weight excluding hydrogens is 402 g/mol. The number of rotatable bonds is 9. The number of ether oxygens (including phenoxy) is 1. The van der Waals surface area contributed by atoms with Crippen LogP contribution in [0.1, 0.15) is 19.4 Å². The molecule has 2 aromatic rings. The highest BCUT2D eigenvalue weighted by atomic mass is 32.2. The SMILES string of the molecule is COc1ccc(S(=O)(=O)N(Cc2ccc(OS(C)(=O)=O)cc2)CC(C)C)cc1. The van der Waals surface area contributed by atoms with Crippen LogP contribution in [-0.4, -0.2) is 41.1 Å². The van der Waals surface area contributed by atoms with Crippen molar-refractivity contribution in [3.63, 3.8) is 0 Å². The fourth-order valence-electron chi connectivity index (χ4n) is 2.58. The van der Waals surface area contributed by atoms with Crippen molar-refractivity contribution in [2.45, 2.75) is 25.3 Å². The largest absolute Gasteiger partial charge is 0.497 e. The lowest BCUT2D eigenvalue weighted by atomic mass is 10.2. The molecule has 7 nitrogen and oxygen atoms in total. The molecule has 0 spiro atoms. The summed E-state index contributed by atoms with van der Waals surface area (Å²) in [4.78, 5) is 0.186. The maximum Gasteiger partial charge on any atom is 0.306 e. The topological polar surface area (TPSA) is 90.0 Å². The van der Waals surface area contributed by atoms with E-state index in [4.69, 9.17) is 8.92 Å². The first-order valence-corrected chi connectivity index (χ1v) is 11.9. The van der Waals surface area contributed by atoms with Crippen molar-refractivity contribution >= 4 is 20.1 Å². The van der Waals surface area contributed by atoms with Crippen molar-refractivity contribution in [3.8, 4) is 11.5 Å². The van der Waals surface area contributed by atoms with E-state index in [1.807, 2.05) is 13.8 Å². The molecule has 0 aliphatic heterocycles. The number of benzene rings is 2. The first kappa shape index (κ1) is 22.2. The fourth-order valence-corrected chi connectivity index (χ4v) is 4.63. The number of hydrogen-bond acceptors (Lipinski definition) is 6. The Labute approximate surface area is 167 Å². The maximum atomic E-state index is 13.1. The number of sulfonamides is 1. The molecule has 0 radical (unpaired) electrons. The third-order valence-electron chi connectivity index (χ3n) is 3.80. The minimum Gasteiger partial charge on any atom is -0.497 e. The zero-order chi connectivity index (χ0) is 20.9. The van der Waals surface area contributed by atoms with Crippen LogP contribution in [0.2, 0.25) is 0 Å². The van der Waals surface area contributed by atoms with Gasteiger partial charge in [0, 0.05) is 13.1 Å². The van der Waals surface area contributed by atoms with Crippen LogP contribution >= 0.6 is 0 Å². The van der Waals surface area contributed by atoms with Crippen molar-refractivity contribution in [1.82, 2.24) is 4.31 Å².